The second-order valence-electron chi connectivity index (χ2n) is 13.3. The summed E-state index contributed by atoms with van der Waals surface area (Å²) >= 11 is 1.72. The molecule has 10 rings (SSSR count). The van der Waals surface area contributed by atoms with Gasteiger partial charge in [0.15, 0.2) is 11.6 Å². The van der Waals surface area contributed by atoms with E-state index in [9.17, 15) is 8.78 Å². The Hall–Kier alpha value is -6.77. The van der Waals surface area contributed by atoms with Crippen LogP contribution in [0.15, 0.2) is 146 Å². The van der Waals surface area contributed by atoms with Crippen LogP contribution in [0.25, 0.3) is 98.5 Å². The fraction of sp³-hybridized carbons (Fsp3) is 0.0217. The summed E-state index contributed by atoms with van der Waals surface area (Å²) in [6.45, 7) is 2.01. The van der Waals surface area contributed by atoms with Gasteiger partial charge in [-0.15, -0.1) is 11.3 Å². The molecule has 0 atom stereocenters. The summed E-state index contributed by atoms with van der Waals surface area (Å²) in [4.78, 5) is 25.0. The molecule has 0 N–H and O–H groups in total. The summed E-state index contributed by atoms with van der Waals surface area (Å²) in [6.07, 6.45) is 1.85. The quantitative estimate of drug-likeness (QED) is 0.177. The van der Waals surface area contributed by atoms with Gasteiger partial charge in [0.05, 0.1) is 32.6 Å². The standard InChI is InChI=1S/C46H27F2N5S/c1-26-20-30(45-50-38-14-4-2-12-35(38)41(52-45)28-8-6-10-32(47)23-28)22-31(21-26)46-51-39-25-27(16-17-36(39)42(53-46)29-9-7-11-33(48)24-29)34-18-19-49-43-37-13-3-5-15-40(37)54-44(34)43/h2-25H,1H3. The molecule has 0 aliphatic carbocycles. The van der Waals surface area contributed by atoms with Crippen LogP contribution in [0, 0.1) is 18.6 Å². The smallest absolute Gasteiger partial charge is 0.160 e. The highest BCUT2D eigenvalue weighted by atomic mass is 32.1. The molecule has 0 saturated heterocycles. The molecule has 0 unspecified atom stereocenters. The second kappa shape index (κ2) is 12.7. The Morgan fingerprint density at radius 2 is 1.11 bits per heavy atom. The average molecular weight is 720 g/mol. The molecule has 4 aromatic heterocycles. The van der Waals surface area contributed by atoms with Crippen molar-refractivity contribution in [3.63, 3.8) is 0 Å². The molecule has 0 bridgehead atoms. The molecule has 0 amide bonds. The Kier molecular flexibility index (Phi) is 7.52. The zero-order valence-corrected chi connectivity index (χ0v) is 29.6. The van der Waals surface area contributed by atoms with E-state index in [0.29, 0.717) is 34.2 Å². The number of pyridine rings is 1. The lowest BCUT2D eigenvalue weighted by Crippen LogP contribution is -1.98. The molecule has 6 aromatic carbocycles. The Balaban J connectivity index is 1.17. The molecular weight excluding hydrogens is 693 g/mol. The predicted octanol–water partition coefficient (Wildman–Crippen LogP) is 12.3. The monoisotopic (exact) mass is 719 g/mol. The molecule has 4 heterocycles. The minimum Gasteiger partial charge on any atom is -0.255 e. The first-order chi connectivity index (χ1) is 26.4. The van der Waals surface area contributed by atoms with Crippen LogP contribution in [0.3, 0.4) is 0 Å². The fourth-order valence-corrected chi connectivity index (χ4v) is 8.41. The molecule has 10 aromatic rings. The normalized spacial score (nSPS) is 11.6. The predicted molar refractivity (Wildman–Crippen MR) is 215 cm³/mol. The maximum absolute atomic E-state index is 14.7. The average Bonchev–Trinajstić information content (AvgIpc) is 3.58. The van der Waals surface area contributed by atoms with Crippen molar-refractivity contribution in [2.75, 3.05) is 0 Å². The Morgan fingerprint density at radius 3 is 1.81 bits per heavy atom. The number of para-hydroxylation sites is 1. The number of benzene rings is 6. The number of thiophene rings is 1. The highest BCUT2D eigenvalue weighted by Crippen LogP contribution is 2.40. The number of aryl methyl sites for hydroxylation is 1. The van der Waals surface area contributed by atoms with Gasteiger partial charge in [-0.3, -0.25) is 4.98 Å². The van der Waals surface area contributed by atoms with Crippen molar-refractivity contribution < 1.29 is 8.78 Å². The van der Waals surface area contributed by atoms with Crippen LogP contribution in [0.2, 0.25) is 0 Å². The number of hydrogen-bond donors (Lipinski definition) is 0. The van der Waals surface area contributed by atoms with E-state index >= 15 is 0 Å². The fourth-order valence-electron chi connectivity index (χ4n) is 7.22. The number of rotatable bonds is 5. The van der Waals surface area contributed by atoms with Crippen LogP contribution in [-0.4, -0.2) is 24.9 Å². The lowest BCUT2D eigenvalue weighted by Gasteiger charge is -2.13. The minimum absolute atomic E-state index is 0.336. The van der Waals surface area contributed by atoms with E-state index in [1.807, 2.05) is 92.0 Å². The zero-order chi connectivity index (χ0) is 36.3. The molecule has 0 fully saturated rings. The molecule has 256 valence electrons. The molecule has 54 heavy (non-hydrogen) atoms. The Bertz CT molecular complexity index is 3120. The van der Waals surface area contributed by atoms with Crippen molar-refractivity contribution in [1.29, 1.82) is 0 Å². The topological polar surface area (TPSA) is 64.5 Å². The molecule has 0 saturated carbocycles. The van der Waals surface area contributed by atoms with E-state index in [4.69, 9.17) is 24.9 Å². The summed E-state index contributed by atoms with van der Waals surface area (Å²) in [5.41, 5.74) is 9.57. The van der Waals surface area contributed by atoms with Crippen LogP contribution in [-0.2, 0) is 0 Å². The first-order valence-electron chi connectivity index (χ1n) is 17.4. The number of aromatic nitrogens is 5. The molecule has 0 aliphatic rings. The summed E-state index contributed by atoms with van der Waals surface area (Å²) in [6, 6.07) is 43.3. The number of nitrogens with zero attached hydrogens (tertiary/aromatic N) is 5. The number of halogens is 2. The third-order valence-electron chi connectivity index (χ3n) is 9.66. The van der Waals surface area contributed by atoms with Gasteiger partial charge in [0.2, 0.25) is 0 Å². The van der Waals surface area contributed by atoms with Gasteiger partial charge in [-0.05, 0) is 90.8 Å². The van der Waals surface area contributed by atoms with Gasteiger partial charge in [-0.1, -0.05) is 66.7 Å². The SMILES string of the molecule is Cc1cc(-c2nc(-c3cccc(F)c3)c3ccccc3n2)cc(-c2nc(-c3cccc(F)c3)c3ccc(-c4ccnc5c4sc4ccccc45)cc3n2)c1. The lowest BCUT2D eigenvalue weighted by molar-refractivity contribution is 0.628. The molecule has 0 radical (unpaired) electrons. The summed E-state index contributed by atoms with van der Waals surface area (Å²) in [5, 5.41) is 2.77. The lowest BCUT2D eigenvalue weighted by atomic mass is 10.00. The van der Waals surface area contributed by atoms with E-state index in [1.165, 1.54) is 29.0 Å². The first-order valence-corrected chi connectivity index (χ1v) is 18.3. The maximum Gasteiger partial charge on any atom is 0.160 e. The zero-order valence-electron chi connectivity index (χ0n) is 28.8. The largest absolute Gasteiger partial charge is 0.255 e. The van der Waals surface area contributed by atoms with Gasteiger partial charge < -0.3 is 0 Å². The second-order valence-corrected chi connectivity index (χ2v) is 14.3. The van der Waals surface area contributed by atoms with Crippen molar-refractivity contribution in [2.45, 2.75) is 6.92 Å². The van der Waals surface area contributed by atoms with E-state index < -0.39 is 0 Å². The highest BCUT2D eigenvalue weighted by Gasteiger charge is 2.18. The third-order valence-corrected chi connectivity index (χ3v) is 10.9. The van der Waals surface area contributed by atoms with Crippen LogP contribution >= 0.6 is 11.3 Å². The van der Waals surface area contributed by atoms with Crippen LogP contribution in [0.5, 0.6) is 0 Å². The van der Waals surface area contributed by atoms with Crippen molar-refractivity contribution in [1.82, 2.24) is 24.9 Å². The van der Waals surface area contributed by atoms with Crippen LogP contribution in [0.4, 0.5) is 8.78 Å². The Morgan fingerprint density at radius 1 is 0.481 bits per heavy atom. The summed E-state index contributed by atoms with van der Waals surface area (Å²) < 4.78 is 31.4. The summed E-state index contributed by atoms with van der Waals surface area (Å²) in [7, 11) is 0. The van der Waals surface area contributed by atoms with Gasteiger partial charge in [0.1, 0.15) is 11.6 Å². The first kappa shape index (κ1) is 31.9. The number of hydrogen-bond acceptors (Lipinski definition) is 6. The van der Waals surface area contributed by atoms with Crippen LogP contribution < -0.4 is 0 Å². The molecule has 0 spiro atoms. The molecule has 0 aliphatic heterocycles. The number of fused-ring (bicyclic) bond motifs is 5. The van der Waals surface area contributed by atoms with Crippen molar-refractivity contribution in [3.05, 3.63) is 163 Å². The summed E-state index contributed by atoms with van der Waals surface area (Å²) in [5.74, 6) is 0.298. The minimum atomic E-state index is -0.346. The third kappa shape index (κ3) is 5.55. The van der Waals surface area contributed by atoms with E-state index in [-0.39, 0.29) is 11.6 Å². The molecule has 5 nitrogen and oxygen atoms in total. The van der Waals surface area contributed by atoms with Crippen molar-refractivity contribution in [2.24, 2.45) is 0 Å². The highest BCUT2D eigenvalue weighted by molar-refractivity contribution is 7.26. The van der Waals surface area contributed by atoms with Crippen LogP contribution in [0.1, 0.15) is 5.56 Å². The van der Waals surface area contributed by atoms with Crippen molar-refractivity contribution in [3.8, 4) is 56.4 Å². The van der Waals surface area contributed by atoms with E-state index in [1.54, 1.807) is 23.5 Å². The van der Waals surface area contributed by atoms with Gasteiger partial charge in [-0.25, -0.2) is 28.7 Å². The maximum atomic E-state index is 14.7. The van der Waals surface area contributed by atoms with Gasteiger partial charge in [0.25, 0.3) is 0 Å². The van der Waals surface area contributed by atoms with Gasteiger partial charge in [0, 0.05) is 54.9 Å². The van der Waals surface area contributed by atoms with E-state index in [2.05, 4.69) is 24.3 Å². The van der Waals surface area contributed by atoms with Gasteiger partial charge >= 0.3 is 0 Å². The Labute approximate surface area is 312 Å². The van der Waals surface area contributed by atoms with Crippen molar-refractivity contribution >= 4 is 53.4 Å². The molecule has 8 heteroatoms. The van der Waals surface area contributed by atoms with Gasteiger partial charge in [-0.2, -0.15) is 0 Å². The molecular formula is C46H27F2N5S. The van der Waals surface area contributed by atoms with E-state index in [0.717, 1.165) is 65.2 Å².